The Morgan fingerprint density at radius 2 is 1.90 bits per heavy atom. The molecule has 0 fully saturated rings. The van der Waals surface area contributed by atoms with Gasteiger partial charge in [-0.1, -0.05) is 58.4 Å². The quantitative estimate of drug-likeness (QED) is 0.873. The molecule has 0 aliphatic carbocycles. The van der Waals surface area contributed by atoms with Crippen LogP contribution in [0.4, 0.5) is 0 Å². The van der Waals surface area contributed by atoms with E-state index in [2.05, 4.69) is 21.2 Å². The zero-order valence-corrected chi connectivity index (χ0v) is 13.4. The molecule has 0 saturated carbocycles. The van der Waals surface area contributed by atoms with Gasteiger partial charge in [0, 0.05) is 4.47 Å². The maximum absolute atomic E-state index is 12.2. The Morgan fingerprint density at radius 1 is 1.19 bits per heavy atom. The summed E-state index contributed by atoms with van der Waals surface area (Å²) in [5.41, 5.74) is 1.04. The van der Waals surface area contributed by atoms with Gasteiger partial charge in [-0.15, -0.1) is 0 Å². The number of benzene rings is 2. The maximum Gasteiger partial charge on any atom is 0.225 e. The van der Waals surface area contributed by atoms with Gasteiger partial charge in [-0.25, -0.2) is 0 Å². The molecule has 0 heterocycles. The lowest BCUT2D eigenvalue weighted by molar-refractivity contribution is -0.122. The second kappa shape index (κ2) is 6.87. The molecule has 0 aliphatic heterocycles. The van der Waals surface area contributed by atoms with E-state index in [0.29, 0.717) is 0 Å². The average Bonchev–Trinajstić information content (AvgIpc) is 2.48. The van der Waals surface area contributed by atoms with Gasteiger partial charge in [-0.3, -0.25) is 4.79 Å². The summed E-state index contributed by atoms with van der Waals surface area (Å²) in [6, 6.07) is 17.1. The van der Waals surface area contributed by atoms with Gasteiger partial charge in [-0.2, -0.15) is 0 Å². The number of nitrogens with one attached hydrogen (secondary N) is 1. The molecule has 0 radical (unpaired) electrons. The third-order valence-electron chi connectivity index (χ3n) is 3.40. The molecule has 21 heavy (non-hydrogen) atoms. The summed E-state index contributed by atoms with van der Waals surface area (Å²) in [4.78, 5) is 12.2. The average molecular weight is 348 g/mol. The highest BCUT2D eigenvalue weighted by atomic mass is 79.9. The first-order valence-electron chi connectivity index (χ1n) is 6.75. The van der Waals surface area contributed by atoms with E-state index in [9.17, 15) is 9.90 Å². The molecule has 0 bridgehead atoms. The molecule has 2 N–H and O–H groups in total. The van der Waals surface area contributed by atoms with Crippen LogP contribution in [0.3, 0.4) is 0 Å². The van der Waals surface area contributed by atoms with Crippen LogP contribution < -0.4 is 5.32 Å². The molecule has 1 unspecified atom stereocenters. The third kappa shape index (κ3) is 4.16. The van der Waals surface area contributed by atoms with Crippen LogP contribution in [0.2, 0.25) is 0 Å². The summed E-state index contributed by atoms with van der Waals surface area (Å²) in [5, 5.41) is 12.6. The standard InChI is InChI=1S/C17H18BrNO2/c1-17(12-20,14-7-3-2-4-8-14)19-16(21)11-13-6-5-9-15(18)10-13/h2-10,20H,11-12H2,1H3,(H,19,21). The molecule has 1 amide bonds. The minimum absolute atomic E-state index is 0.117. The lowest BCUT2D eigenvalue weighted by atomic mass is 9.92. The highest BCUT2D eigenvalue weighted by molar-refractivity contribution is 9.10. The van der Waals surface area contributed by atoms with E-state index < -0.39 is 5.54 Å². The summed E-state index contributed by atoms with van der Waals surface area (Å²) in [7, 11) is 0. The first-order chi connectivity index (χ1) is 10.0. The van der Waals surface area contributed by atoms with Gasteiger partial charge in [-0.05, 0) is 30.2 Å². The van der Waals surface area contributed by atoms with Crippen molar-refractivity contribution in [2.75, 3.05) is 6.61 Å². The minimum atomic E-state index is -0.773. The summed E-state index contributed by atoms with van der Waals surface area (Å²) in [6.45, 7) is 1.67. The first-order valence-corrected chi connectivity index (χ1v) is 7.55. The van der Waals surface area contributed by atoms with Gasteiger partial charge in [0.1, 0.15) is 0 Å². The molecule has 3 nitrogen and oxygen atoms in total. The molecule has 0 spiro atoms. The van der Waals surface area contributed by atoms with Crippen molar-refractivity contribution >= 4 is 21.8 Å². The molecular formula is C17H18BrNO2. The van der Waals surface area contributed by atoms with Gasteiger partial charge in [0.2, 0.25) is 5.91 Å². The van der Waals surface area contributed by atoms with E-state index >= 15 is 0 Å². The Bertz CT molecular complexity index is 615. The summed E-state index contributed by atoms with van der Waals surface area (Å²) >= 11 is 3.39. The number of carbonyl (C=O) groups is 1. The predicted octanol–water partition coefficient (Wildman–Crippen LogP) is 3.02. The zero-order chi connectivity index (χ0) is 15.3. The lowest BCUT2D eigenvalue weighted by Crippen LogP contribution is -2.46. The van der Waals surface area contributed by atoms with Crippen LogP contribution in [0, 0.1) is 0 Å². The number of hydrogen-bond acceptors (Lipinski definition) is 2. The molecule has 0 saturated heterocycles. The first kappa shape index (κ1) is 15.7. The van der Waals surface area contributed by atoms with Crippen LogP contribution in [0.25, 0.3) is 0 Å². The number of aliphatic hydroxyl groups is 1. The van der Waals surface area contributed by atoms with Crippen LogP contribution in [-0.4, -0.2) is 17.6 Å². The summed E-state index contributed by atoms with van der Waals surface area (Å²) in [6.07, 6.45) is 0.280. The molecule has 0 aromatic heterocycles. The van der Waals surface area contributed by atoms with Crippen molar-refractivity contribution < 1.29 is 9.90 Å². The lowest BCUT2D eigenvalue weighted by Gasteiger charge is -2.29. The third-order valence-corrected chi connectivity index (χ3v) is 3.89. The van der Waals surface area contributed by atoms with Gasteiger partial charge in [0.25, 0.3) is 0 Å². The molecule has 4 heteroatoms. The summed E-state index contributed by atoms with van der Waals surface area (Å²) in [5.74, 6) is -0.117. The molecule has 0 aliphatic rings. The van der Waals surface area contributed by atoms with Crippen molar-refractivity contribution in [2.24, 2.45) is 0 Å². The minimum Gasteiger partial charge on any atom is -0.394 e. The molecular weight excluding hydrogens is 330 g/mol. The molecule has 110 valence electrons. The number of rotatable bonds is 5. The van der Waals surface area contributed by atoms with Crippen LogP contribution >= 0.6 is 15.9 Å². The molecule has 1 atom stereocenters. The highest BCUT2D eigenvalue weighted by Gasteiger charge is 2.27. The number of amides is 1. The Labute approximate surface area is 133 Å². The van der Waals surface area contributed by atoms with E-state index in [1.54, 1.807) is 0 Å². The fourth-order valence-corrected chi connectivity index (χ4v) is 2.64. The Hall–Kier alpha value is -1.65. The van der Waals surface area contributed by atoms with Gasteiger partial charge in [0.05, 0.1) is 18.6 Å². The number of aliphatic hydroxyl groups excluding tert-OH is 1. The SMILES string of the molecule is CC(CO)(NC(=O)Cc1cccc(Br)c1)c1ccccc1. The second-order valence-electron chi connectivity index (χ2n) is 5.21. The Balaban J connectivity index is 2.10. The van der Waals surface area contributed by atoms with E-state index in [1.165, 1.54) is 0 Å². The van der Waals surface area contributed by atoms with Crippen molar-refractivity contribution in [3.05, 3.63) is 70.2 Å². The maximum atomic E-state index is 12.2. The van der Waals surface area contributed by atoms with Crippen molar-refractivity contribution in [1.29, 1.82) is 0 Å². The second-order valence-corrected chi connectivity index (χ2v) is 6.13. The van der Waals surface area contributed by atoms with Gasteiger partial charge in [0.15, 0.2) is 0 Å². The van der Waals surface area contributed by atoms with E-state index in [1.807, 2.05) is 61.5 Å². The number of carbonyl (C=O) groups excluding carboxylic acids is 1. The number of halogens is 1. The fraction of sp³-hybridized carbons (Fsp3) is 0.235. The topological polar surface area (TPSA) is 49.3 Å². The van der Waals surface area contributed by atoms with Gasteiger partial charge >= 0.3 is 0 Å². The van der Waals surface area contributed by atoms with Crippen molar-refractivity contribution in [2.45, 2.75) is 18.9 Å². The van der Waals surface area contributed by atoms with Gasteiger partial charge < -0.3 is 10.4 Å². The van der Waals surface area contributed by atoms with Crippen LogP contribution in [-0.2, 0) is 16.8 Å². The Kier molecular flexibility index (Phi) is 5.15. The van der Waals surface area contributed by atoms with Crippen molar-refractivity contribution in [3.63, 3.8) is 0 Å². The Morgan fingerprint density at radius 3 is 2.52 bits per heavy atom. The normalized spacial score (nSPS) is 13.5. The molecule has 2 rings (SSSR count). The van der Waals surface area contributed by atoms with Crippen molar-refractivity contribution in [1.82, 2.24) is 5.32 Å². The zero-order valence-electron chi connectivity index (χ0n) is 11.8. The monoisotopic (exact) mass is 347 g/mol. The van der Waals surface area contributed by atoms with E-state index in [0.717, 1.165) is 15.6 Å². The molecule has 2 aromatic carbocycles. The molecule has 2 aromatic rings. The van der Waals surface area contributed by atoms with E-state index in [-0.39, 0.29) is 18.9 Å². The number of hydrogen-bond donors (Lipinski definition) is 2. The smallest absolute Gasteiger partial charge is 0.225 e. The van der Waals surface area contributed by atoms with Crippen LogP contribution in [0.15, 0.2) is 59.1 Å². The van der Waals surface area contributed by atoms with Crippen LogP contribution in [0.1, 0.15) is 18.1 Å². The predicted molar refractivity (Wildman–Crippen MR) is 86.9 cm³/mol. The largest absolute Gasteiger partial charge is 0.394 e. The summed E-state index contributed by atoms with van der Waals surface area (Å²) < 4.78 is 0.945. The highest BCUT2D eigenvalue weighted by Crippen LogP contribution is 2.20. The van der Waals surface area contributed by atoms with Crippen molar-refractivity contribution in [3.8, 4) is 0 Å². The van der Waals surface area contributed by atoms with E-state index in [4.69, 9.17) is 0 Å². The fourth-order valence-electron chi connectivity index (χ4n) is 2.19. The van der Waals surface area contributed by atoms with Crippen LogP contribution in [0.5, 0.6) is 0 Å².